The van der Waals surface area contributed by atoms with E-state index in [4.69, 9.17) is 4.74 Å². The predicted molar refractivity (Wildman–Crippen MR) is 101 cm³/mol. The molecule has 7 nitrogen and oxygen atoms in total. The van der Waals surface area contributed by atoms with E-state index in [2.05, 4.69) is 15.4 Å². The number of nitrogens with zero attached hydrogens (tertiary/aromatic N) is 4. The molecule has 0 spiro atoms. The number of hydrogen-bond donors (Lipinski definition) is 1. The van der Waals surface area contributed by atoms with Crippen LogP contribution in [0.4, 0.5) is 4.39 Å². The standard InChI is InChI=1S/C21H16FN5O2/c22-13-4-1-3-12(10-23)19(13)15-9-17(20-16(25-15)11-24-21(20)28)27-7-6-14(26-27)18-5-2-8-29-18/h1,3-4,6-7,9,18H,2,5,8,11H2,(H,24,28)/t18-/m1/s1. The van der Waals surface area contributed by atoms with Crippen molar-refractivity contribution in [2.24, 2.45) is 0 Å². The van der Waals surface area contributed by atoms with Gasteiger partial charge >= 0.3 is 0 Å². The number of carbonyl (C=O) groups excluding carboxylic acids is 1. The average molecular weight is 389 g/mol. The number of rotatable bonds is 3. The van der Waals surface area contributed by atoms with Gasteiger partial charge in [0.05, 0.1) is 52.1 Å². The third kappa shape index (κ3) is 2.87. The van der Waals surface area contributed by atoms with Crippen molar-refractivity contribution >= 4 is 5.91 Å². The van der Waals surface area contributed by atoms with E-state index in [0.29, 0.717) is 29.2 Å². The van der Waals surface area contributed by atoms with Crippen molar-refractivity contribution in [3.8, 4) is 23.0 Å². The molecule has 4 heterocycles. The number of nitriles is 1. The maximum Gasteiger partial charge on any atom is 0.255 e. The number of benzene rings is 1. The van der Waals surface area contributed by atoms with Crippen LogP contribution >= 0.6 is 0 Å². The number of nitrogens with one attached hydrogen (secondary N) is 1. The summed E-state index contributed by atoms with van der Waals surface area (Å²) >= 11 is 0. The summed E-state index contributed by atoms with van der Waals surface area (Å²) in [5.74, 6) is -0.794. The number of hydrogen-bond acceptors (Lipinski definition) is 5. The monoisotopic (exact) mass is 389 g/mol. The van der Waals surface area contributed by atoms with Crippen molar-refractivity contribution in [3.05, 3.63) is 64.9 Å². The number of amides is 1. The Morgan fingerprint density at radius 2 is 2.21 bits per heavy atom. The van der Waals surface area contributed by atoms with E-state index in [0.717, 1.165) is 18.5 Å². The lowest BCUT2D eigenvalue weighted by molar-refractivity contribution is 0.0965. The van der Waals surface area contributed by atoms with Gasteiger partial charge in [-0.15, -0.1) is 0 Å². The third-order valence-corrected chi connectivity index (χ3v) is 5.22. The van der Waals surface area contributed by atoms with Crippen LogP contribution in [0.15, 0.2) is 36.5 Å². The molecule has 144 valence electrons. The summed E-state index contributed by atoms with van der Waals surface area (Å²) in [7, 11) is 0. The van der Waals surface area contributed by atoms with Crippen molar-refractivity contribution in [3.63, 3.8) is 0 Å². The lowest BCUT2D eigenvalue weighted by Crippen LogP contribution is -2.14. The maximum atomic E-state index is 14.6. The smallest absolute Gasteiger partial charge is 0.255 e. The topological polar surface area (TPSA) is 92.8 Å². The van der Waals surface area contributed by atoms with Gasteiger partial charge in [-0.1, -0.05) is 6.07 Å². The van der Waals surface area contributed by atoms with Gasteiger partial charge in [-0.25, -0.2) is 14.1 Å². The quantitative estimate of drug-likeness (QED) is 0.743. The Balaban J connectivity index is 1.68. The minimum atomic E-state index is -0.541. The summed E-state index contributed by atoms with van der Waals surface area (Å²) in [5, 5.41) is 16.8. The summed E-state index contributed by atoms with van der Waals surface area (Å²) in [5.41, 5.74) is 2.78. The molecule has 1 atom stereocenters. The fourth-order valence-corrected chi connectivity index (χ4v) is 3.85. The van der Waals surface area contributed by atoms with Crippen LogP contribution in [0.2, 0.25) is 0 Å². The van der Waals surface area contributed by atoms with E-state index in [1.807, 2.05) is 12.1 Å². The number of fused-ring (bicyclic) bond motifs is 1. The first-order chi connectivity index (χ1) is 14.2. The number of halogens is 1. The highest BCUT2D eigenvalue weighted by molar-refractivity contribution is 6.01. The zero-order valence-corrected chi connectivity index (χ0v) is 15.4. The number of carbonyl (C=O) groups is 1. The van der Waals surface area contributed by atoms with Gasteiger partial charge in [0.25, 0.3) is 5.91 Å². The number of ether oxygens (including phenoxy) is 1. The van der Waals surface area contributed by atoms with E-state index >= 15 is 0 Å². The zero-order chi connectivity index (χ0) is 20.0. The van der Waals surface area contributed by atoms with Crippen LogP contribution in [0.5, 0.6) is 0 Å². The normalized spacial score (nSPS) is 17.8. The Morgan fingerprint density at radius 1 is 1.31 bits per heavy atom. The van der Waals surface area contributed by atoms with Gasteiger partial charge in [0, 0.05) is 12.8 Å². The first-order valence-electron chi connectivity index (χ1n) is 9.34. The summed E-state index contributed by atoms with van der Waals surface area (Å²) in [4.78, 5) is 16.9. The Kier molecular flexibility index (Phi) is 4.11. The molecule has 1 N–H and O–H groups in total. The van der Waals surface area contributed by atoms with Crippen LogP contribution in [0.25, 0.3) is 16.9 Å². The van der Waals surface area contributed by atoms with Crippen LogP contribution in [0.1, 0.15) is 46.3 Å². The largest absolute Gasteiger partial charge is 0.372 e. The summed E-state index contributed by atoms with van der Waals surface area (Å²) in [6, 6.07) is 9.79. The molecule has 1 saturated heterocycles. The second-order valence-electron chi connectivity index (χ2n) is 6.99. The molecule has 0 bridgehead atoms. The fourth-order valence-electron chi connectivity index (χ4n) is 3.85. The Morgan fingerprint density at radius 3 is 3.00 bits per heavy atom. The maximum absolute atomic E-state index is 14.6. The Hall–Kier alpha value is -3.57. The van der Waals surface area contributed by atoms with E-state index in [9.17, 15) is 14.4 Å². The van der Waals surface area contributed by atoms with Crippen molar-refractivity contribution in [1.29, 1.82) is 5.26 Å². The lowest BCUT2D eigenvalue weighted by Gasteiger charge is -2.12. The van der Waals surface area contributed by atoms with Gasteiger partial charge in [0.2, 0.25) is 0 Å². The molecule has 0 aliphatic carbocycles. The fraction of sp³-hybridized carbons (Fsp3) is 0.238. The molecule has 8 heteroatoms. The molecule has 0 saturated carbocycles. The van der Waals surface area contributed by atoms with Gasteiger partial charge in [0.1, 0.15) is 11.9 Å². The average Bonchev–Trinajstić information content (AvgIpc) is 3.48. The highest BCUT2D eigenvalue weighted by Crippen LogP contribution is 2.32. The van der Waals surface area contributed by atoms with Gasteiger partial charge in [-0.2, -0.15) is 10.4 Å². The van der Waals surface area contributed by atoms with E-state index in [-0.39, 0.29) is 29.7 Å². The molecule has 2 aromatic heterocycles. The number of pyridine rings is 1. The minimum Gasteiger partial charge on any atom is -0.372 e. The molecule has 3 aromatic rings. The first-order valence-corrected chi connectivity index (χ1v) is 9.34. The minimum absolute atomic E-state index is 0.0591. The van der Waals surface area contributed by atoms with Crippen LogP contribution < -0.4 is 5.32 Å². The first kappa shape index (κ1) is 17.5. The van der Waals surface area contributed by atoms with E-state index < -0.39 is 5.82 Å². The molecule has 0 unspecified atom stereocenters. The SMILES string of the molecule is N#Cc1cccc(F)c1-c1cc(-n2ccc([C@H]3CCCO3)n2)c2c(n1)CNC2=O. The second kappa shape index (κ2) is 6.79. The molecule has 2 aliphatic rings. The summed E-state index contributed by atoms with van der Waals surface area (Å²) in [6.07, 6.45) is 3.59. The molecule has 1 fully saturated rings. The van der Waals surface area contributed by atoms with Gasteiger partial charge in [-0.05, 0) is 37.1 Å². The van der Waals surface area contributed by atoms with Gasteiger partial charge in [0.15, 0.2) is 0 Å². The highest BCUT2D eigenvalue weighted by atomic mass is 19.1. The molecular formula is C21H16FN5O2. The van der Waals surface area contributed by atoms with Crippen molar-refractivity contribution < 1.29 is 13.9 Å². The molecule has 2 aliphatic heterocycles. The van der Waals surface area contributed by atoms with Crippen LogP contribution in [-0.2, 0) is 11.3 Å². The highest BCUT2D eigenvalue weighted by Gasteiger charge is 2.28. The third-order valence-electron chi connectivity index (χ3n) is 5.22. The molecule has 1 aromatic carbocycles. The van der Waals surface area contributed by atoms with Gasteiger partial charge < -0.3 is 10.1 Å². The number of aromatic nitrogens is 3. The molecule has 29 heavy (non-hydrogen) atoms. The van der Waals surface area contributed by atoms with Crippen LogP contribution in [0, 0.1) is 17.1 Å². The van der Waals surface area contributed by atoms with E-state index in [1.165, 1.54) is 12.1 Å². The molecule has 5 rings (SSSR count). The van der Waals surface area contributed by atoms with Crippen molar-refractivity contribution in [2.45, 2.75) is 25.5 Å². The Bertz CT molecular complexity index is 1170. The second-order valence-corrected chi connectivity index (χ2v) is 6.99. The summed E-state index contributed by atoms with van der Waals surface area (Å²) in [6.45, 7) is 0.949. The Labute approximate surface area is 165 Å². The van der Waals surface area contributed by atoms with Crippen molar-refractivity contribution in [2.75, 3.05) is 6.61 Å². The molecule has 0 radical (unpaired) electrons. The van der Waals surface area contributed by atoms with Gasteiger partial charge in [-0.3, -0.25) is 4.79 Å². The van der Waals surface area contributed by atoms with Crippen molar-refractivity contribution in [1.82, 2.24) is 20.1 Å². The van der Waals surface area contributed by atoms with Crippen LogP contribution in [-0.4, -0.2) is 27.3 Å². The van der Waals surface area contributed by atoms with Crippen LogP contribution in [0.3, 0.4) is 0 Å². The molecular weight excluding hydrogens is 373 g/mol. The lowest BCUT2D eigenvalue weighted by atomic mass is 10.0. The molecule has 1 amide bonds. The summed E-state index contributed by atoms with van der Waals surface area (Å²) < 4.78 is 21.9. The van der Waals surface area contributed by atoms with E-state index in [1.54, 1.807) is 23.0 Å². The zero-order valence-electron chi connectivity index (χ0n) is 15.4. The predicted octanol–water partition coefficient (Wildman–Crippen LogP) is 3.04.